The van der Waals surface area contributed by atoms with Crippen LogP contribution in [0.1, 0.15) is 41.7 Å². The van der Waals surface area contributed by atoms with E-state index in [4.69, 9.17) is 0 Å². The van der Waals surface area contributed by atoms with Crippen molar-refractivity contribution in [2.45, 2.75) is 38.3 Å². The number of aliphatic hydroxyl groups excluding tert-OH is 1. The minimum absolute atomic E-state index is 0.0334. The molecule has 1 aliphatic carbocycles. The maximum Gasteiger partial charge on any atom is 0.251 e. The number of aliphatic hydroxyl groups is 1. The molecular weight excluding hydrogens is 314 g/mol. The van der Waals surface area contributed by atoms with Gasteiger partial charge in [0.2, 0.25) is 0 Å². The maximum atomic E-state index is 12.5. The molecule has 5 heteroatoms. The van der Waals surface area contributed by atoms with Gasteiger partial charge >= 0.3 is 0 Å². The highest BCUT2D eigenvalue weighted by molar-refractivity contribution is 5.95. The molecule has 1 amide bonds. The molecule has 132 valence electrons. The summed E-state index contributed by atoms with van der Waals surface area (Å²) in [7, 11) is 0. The molecule has 0 unspecified atom stereocenters. The summed E-state index contributed by atoms with van der Waals surface area (Å²) in [5, 5.41) is 15.6. The molecular formula is C20H25N3O2. The van der Waals surface area contributed by atoms with Gasteiger partial charge in [0.1, 0.15) is 0 Å². The average molecular weight is 339 g/mol. The predicted molar refractivity (Wildman–Crippen MR) is 98.3 cm³/mol. The largest absolute Gasteiger partial charge is 0.396 e. The van der Waals surface area contributed by atoms with Crippen LogP contribution in [0.3, 0.4) is 0 Å². The van der Waals surface area contributed by atoms with Crippen LogP contribution in [0.5, 0.6) is 0 Å². The number of nitrogens with one attached hydrogen (secondary N) is 2. The van der Waals surface area contributed by atoms with Gasteiger partial charge in [-0.15, -0.1) is 0 Å². The zero-order chi connectivity index (χ0) is 17.5. The molecule has 0 atom stereocenters. The van der Waals surface area contributed by atoms with Crippen LogP contribution in [0.15, 0.2) is 48.7 Å². The highest BCUT2D eigenvalue weighted by Gasteiger charge is 2.22. The Morgan fingerprint density at radius 2 is 1.96 bits per heavy atom. The van der Waals surface area contributed by atoms with E-state index in [1.165, 1.54) is 0 Å². The first-order chi connectivity index (χ1) is 12.2. The van der Waals surface area contributed by atoms with E-state index in [2.05, 4.69) is 15.6 Å². The molecule has 0 spiro atoms. The fraction of sp³-hybridized carbons (Fsp3) is 0.400. The second-order valence-corrected chi connectivity index (χ2v) is 6.63. The zero-order valence-electron chi connectivity index (χ0n) is 14.3. The van der Waals surface area contributed by atoms with Crippen molar-refractivity contribution in [2.75, 3.05) is 11.9 Å². The fourth-order valence-electron chi connectivity index (χ4n) is 3.22. The van der Waals surface area contributed by atoms with E-state index in [9.17, 15) is 9.90 Å². The molecule has 1 fully saturated rings. The van der Waals surface area contributed by atoms with Crippen LogP contribution in [-0.2, 0) is 6.54 Å². The molecule has 5 nitrogen and oxygen atoms in total. The third-order valence-corrected chi connectivity index (χ3v) is 4.76. The van der Waals surface area contributed by atoms with Gasteiger partial charge in [-0.05, 0) is 61.9 Å². The van der Waals surface area contributed by atoms with Crippen LogP contribution < -0.4 is 10.6 Å². The Balaban J connectivity index is 1.54. The van der Waals surface area contributed by atoms with Crippen molar-refractivity contribution in [1.29, 1.82) is 0 Å². The first-order valence-electron chi connectivity index (χ1n) is 8.90. The van der Waals surface area contributed by atoms with Crippen LogP contribution in [0.4, 0.5) is 5.69 Å². The van der Waals surface area contributed by atoms with Crippen LogP contribution in [0, 0.1) is 5.92 Å². The number of pyridine rings is 1. The van der Waals surface area contributed by atoms with Gasteiger partial charge in [-0.3, -0.25) is 9.78 Å². The zero-order valence-corrected chi connectivity index (χ0v) is 14.3. The van der Waals surface area contributed by atoms with Gasteiger partial charge < -0.3 is 15.7 Å². The first kappa shape index (κ1) is 17.4. The van der Waals surface area contributed by atoms with Gasteiger partial charge in [0, 0.05) is 30.1 Å². The van der Waals surface area contributed by atoms with Crippen LogP contribution in [-0.4, -0.2) is 28.6 Å². The Bertz CT molecular complexity index is 682. The van der Waals surface area contributed by atoms with Crippen LogP contribution in [0.25, 0.3) is 0 Å². The van der Waals surface area contributed by atoms with Gasteiger partial charge in [-0.25, -0.2) is 0 Å². The standard InChI is InChI=1S/C20H25N3O2/c24-14-15-7-9-17(10-8-15)23-20(25)16-4-3-6-18(12-16)22-13-19-5-1-2-11-21-19/h1-6,11-12,15,17,22,24H,7-10,13-14H2,(H,23,25). The fourth-order valence-corrected chi connectivity index (χ4v) is 3.22. The number of benzene rings is 1. The smallest absolute Gasteiger partial charge is 0.251 e. The van der Waals surface area contributed by atoms with Crippen LogP contribution >= 0.6 is 0 Å². The summed E-state index contributed by atoms with van der Waals surface area (Å²) in [6.07, 6.45) is 5.61. The summed E-state index contributed by atoms with van der Waals surface area (Å²) in [4.78, 5) is 16.8. The molecule has 0 aliphatic heterocycles. The lowest BCUT2D eigenvalue weighted by Crippen LogP contribution is -2.38. The van der Waals surface area contributed by atoms with Gasteiger partial charge in [0.05, 0.1) is 12.2 Å². The van der Waals surface area contributed by atoms with Crippen LogP contribution in [0.2, 0.25) is 0 Å². The number of carbonyl (C=O) groups excluding carboxylic acids is 1. The lowest BCUT2D eigenvalue weighted by Gasteiger charge is -2.28. The highest BCUT2D eigenvalue weighted by Crippen LogP contribution is 2.24. The van der Waals surface area contributed by atoms with E-state index in [1.807, 2.05) is 42.5 Å². The Kier molecular flexibility index (Phi) is 6.01. The Hall–Kier alpha value is -2.40. The van der Waals surface area contributed by atoms with Gasteiger partial charge in [0.25, 0.3) is 5.91 Å². The minimum Gasteiger partial charge on any atom is -0.396 e. The molecule has 25 heavy (non-hydrogen) atoms. The Morgan fingerprint density at radius 3 is 2.68 bits per heavy atom. The van der Waals surface area contributed by atoms with Crippen molar-refractivity contribution < 1.29 is 9.90 Å². The third-order valence-electron chi connectivity index (χ3n) is 4.76. The molecule has 1 aliphatic rings. The van der Waals surface area contributed by atoms with Gasteiger partial charge in [0.15, 0.2) is 0 Å². The highest BCUT2D eigenvalue weighted by atomic mass is 16.3. The molecule has 0 saturated heterocycles. The average Bonchev–Trinajstić information content (AvgIpc) is 2.68. The van der Waals surface area contributed by atoms with E-state index in [-0.39, 0.29) is 18.6 Å². The third kappa shape index (κ3) is 5.03. The SMILES string of the molecule is O=C(NC1CCC(CO)CC1)c1cccc(NCc2ccccn2)c1. The van der Waals surface area contributed by atoms with Gasteiger partial charge in [-0.1, -0.05) is 12.1 Å². The predicted octanol–water partition coefficient (Wildman–Crippen LogP) is 2.97. The molecule has 1 saturated carbocycles. The van der Waals surface area contributed by atoms with E-state index in [1.54, 1.807) is 6.20 Å². The van der Waals surface area contributed by atoms with Gasteiger partial charge in [-0.2, -0.15) is 0 Å². The number of nitrogens with zero attached hydrogens (tertiary/aromatic N) is 1. The molecule has 3 rings (SSSR count). The number of amides is 1. The Morgan fingerprint density at radius 1 is 1.12 bits per heavy atom. The van der Waals surface area contributed by atoms with Crippen molar-refractivity contribution in [1.82, 2.24) is 10.3 Å². The summed E-state index contributed by atoms with van der Waals surface area (Å²) in [5.74, 6) is 0.362. The summed E-state index contributed by atoms with van der Waals surface area (Å²) in [5.41, 5.74) is 2.52. The first-order valence-corrected chi connectivity index (χ1v) is 8.90. The number of hydrogen-bond acceptors (Lipinski definition) is 4. The maximum absolute atomic E-state index is 12.5. The van der Waals surface area contributed by atoms with Crippen molar-refractivity contribution in [3.05, 3.63) is 59.9 Å². The molecule has 1 heterocycles. The number of carbonyl (C=O) groups is 1. The monoisotopic (exact) mass is 339 g/mol. The molecule has 0 radical (unpaired) electrons. The Labute approximate surface area is 148 Å². The summed E-state index contributed by atoms with van der Waals surface area (Å²) in [6, 6.07) is 13.6. The van der Waals surface area contributed by atoms with Crippen molar-refractivity contribution in [3.8, 4) is 0 Å². The molecule has 1 aromatic carbocycles. The number of hydrogen-bond donors (Lipinski definition) is 3. The molecule has 2 aromatic rings. The normalized spacial score (nSPS) is 20.0. The number of aromatic nitrogens is 1. The topological polar surface area (TPSA) is 74.2 Å². The lowest BCUT2D eigenvalue weighted by molar-refractivity contribution is 0.0914. The van der Waals surface area contributed by atoms with Crippen molar-refractivity contribution in [3.63, 3.8) is 0 Å². The summed E-state index contributed by atoms with van der Waals surface area (Å²) in [6.45, 7) is 0.877. The number of rotatable bonds is 6. The molecule has 3 N–H and O–H groups in total. The lowest BCUT2D eigenvalue weighted by atomic mass is 9.86. The second kappa shape index (κ2) is 8.62. The quantitative estimate of drug-likeness (QED) is 0.756. The van der Waals surface area contributed by atoms with E-state index >= 15 is 0 Å². The van der Waals surface area contributed by atoms with E-state index < -0.39 is 0 Å². The van der Waals surface area contributed by atoms with Crippen molar-refractivity contribution in [2.24, 2.45) is 5.92 Å². The summed E-state index contributed by atoms with van der Waals surface area (Å²) >= 11 is 0. The summed E-state index contributed by atoms with van der Waals surface area (Å²) < 4.78 is 0. The molecule has 1 aromatic heterocycles. The molecule has 0 bridgehead atoms. The second-order valence-electron chi connectivity index (χ2n) is 6.63. The minimum atomic E-state index is -0.0334. The number of anilines is 1. The van der Waals surface area contributed by atoms with E-state index in [0.29, 0.717) is 18.0 Å². The van der Waals surface area contributed by atoms with E-state index in [0.717, 1.165) is 37.1 Å². The van der Waals surface area contributed by atoms with Crippen molar-refractivity contribution >= 4 is 11.6 Å².